The summed E-state index contributed by atoms with van der Waals surface area (Å²) >= 11 is 0. The molecule has 1 fully saturated rings. The zero-order chi connectivity index (χ0) is 14.7. The number of anilines is 1. The highest BCUT2D eigenvalue weighted by Gasteiger charge is 2.25. The summed E-state index contributed by atoms with van der Waals surface area (Å²) in [7, 11) is 1.43. The molecule has 0 spiro atoms. The molecule has 1 aromatic carbocycles. The van der Waals surface area contributed by atoms with Gasteiger partial charge in [0.1, 0.15) is 0 Å². The number of benzene rings is 1. The first-order valence-corrected chi connectivity index (χ1v) is 6.78. The van der Waals surface area contributed by atoms with E-state index in [2.05, 4.69) is 4.90 Å². The lowest BCUT2D eigenvalue weighted by Gasteiger charge is -2.35. The van der Waals surface area contributed by atoms with Gasteiger partial charge in [0.2, 0.25) is 0 Å². The first kappa shape index (κ1) is 14.6. The number of methoxy groups -OCH3 is 1. The average Bonchev–Trinajstić information content (AvgIpc) is 2.46. The van der Waals surface area contributed by atoms with Crippen LogP contribution in [0.1, 0.15) is 19.8 Å². The van der Waals surface area contributed by atoms with Gasteiger partial charge in [-0.1, -0.05) is 0 Å². The first-order valence-electron chi connectivity index (χ1n) is 6.78. The highest BCUT2D eigenvalue weighted by molar-refractivity contribution is 5.59. The number of nitro benzene ring substituents is 1. The van der Waals surface area contributed by atoms with Gasteiger partial charge in [-0.15, -0.1) is 0 Å². The van der Waals surface area contributed by atoms with Crippen LogP contribution in [-0.2, 0) is 0 Å². The van der Waals surface area contributed by atoms with Crippen molar-refractivity contribution in [1.29, 1.82) is 0 Å². The maximum atomic E-state index is 10.9. The molecule has 2 atom stereocenters. The Morgan fingerprint density at radius 1 is 1.55 bits per heavy atom. The topological polar surface area (TPSA) is 75.8 Å². The molecule has 0 saturated carbocycles. The predicted octanol–water partition coefficient (Wildman–Crippen LogP) is 2.20. The molecule has 2 unspecified atom stereocenters. The van der Waals surface area contributed by atoms with Gasteiger partial charge in [0.05, 0.1) is 18.1 Å². The van der Waals surface area contributed by atoms with Crippen molar-refractivity contribution >= 4 is 11.4 Å². The number of piperidine rings is 1. The molecule has 6 heteroatoms. The van der Waals surface area contributed by atoms with E-state index in [1.807, 2.05) is 6.92 Å². The van der Waals surface area contributed by atoms with Crippen LogP contribution in [0.15, 0.2) is 18.2 Å². The Morgan fingerprint density at radius 2 is 2.30 bits per heavy atom. The van der Waals surface area contributed by atoms with Crippen LogP contribution < -0.4 is 9.64 Å². The molecule has 1 saturated heterocycles. The number of hydrogen-bond acceptors (Lipinski definition) is 5. The van der Waals surface area contributed by atoms with E-state index in [-0.39, 0.29) is 23.5 Å². The summed E-state index contributed by atoms with van der Waals surface area (Å²) in [6.07, 6.45) is 1.69. The normalized spacial score (nSPS) is 20.6. The molecule has 2 rings (SSSR count). The van der Waals surface area contributed by atoms with Crippen LogP contribution in [-0.4, -0.2) is 36.3 Å². The fourth-order valence-electron chi connectivity index (χ4n) is 2.65. The molecule has 20 heavy (non-hydrogen) atoms. The number of nitro groups is 1. The second kappa shape index (κ2) is 6.09. The van der Waals surface area contributed by atoms with Crippen molar-refractivity contribution < 1.29 is 14.8 Å². The summed E-state index contributed by atoms with van der Waals surface area (Å²) in [6, 6.07) is 4.91. The quantitative estimate of drug-likeness (QED) is 0.676. The SMILES string of the molecule is COc1cc(N2CCCC(C(C)O)C2)ccc1[N+](=O)[O-]. The van der Waals surface area contributed by atoms with Gasteiger partial charge in [-0.25, -0.2) is 0 Å². The number of aliphatic hydroxyl groups excluding tert-OH is 1. The van der Waals surface area contributed by atoms with Crippen LogP contribution >= 0.6 is 0 Å². The van der Waals surface area contributed by atoms with Crippen LogP contribution in [0.4, 0.5) is 11.4 Å². The molecule has 0 amide bonds. The number of aliphatic hydroxyl groups is 1. The first-order chi connectivity index (χ1) is 9.52. The molecule has 1 N–H and O–H groups in total. The fraction of sp³-hybridized carbons (Fsp3) is 0.571. The van der Waals surface area contributed by atoms with Crippen molar-refractivity contribution in [3.05, 3.63) is 28.3 Å². The zero-order valence-corrected chi connectivity index (χ0v) is 11.8. The minimum absolute atomic E-state index is 0.0275. The lowest BCUT2D eigenvalue weighted by Crippen LogP contribution is -2.39. The lowest BCUT2D eigenvalue weighted by molar-refractivity contribution is -0.385. The monoisotopic (exact) mass is 280 g/mol. The van der Waals surface area contributed by atoms with Gasteiger partial charge in [-0.2, -0.15) is 0 Å². The van der Waals surface area contributed by atoms with Gasteiger partial charge in [0.15, 0.2) is 5.75 Å². The minimum atomic E-state index is -0.447. The van der Waals surface area contributed by atoms with Crippen molar-refractivity contribution in [2.45, 2.75) is 25.9 Å². The summed E-state index contributed by atoms with van der Waals surface area (Å²) < 4.78 is 5.09. The molecule has 1 aliphatic rings. The second-order valence-corrected chi connectivity index (χ2v) is 5.20. The van der Waals surface area contributed by atoms with Crippen LogP contribution in [0.25, 0.3) is 0 Å². The number of hydrogen-bond donors (Lipinski definition) is 1. The average molecular weight is 280 g/mol. The van der Waals surface area contributed by atoms with Crippen molar-refractivity contribution in [3.8, 4) is 5.75 Å². The van der Waals surface area contributed by atoms with Gasteiger partial charge < -0.3 is 14.7 Å². The fourth-order valence-corrected chi connectivity index (χ4v) is 2.65. The minimum Gasteiger partial charge on any atom is -0.490 e. The zero-order valence-electron chi connectivity index (χ0n) is 11.8. The molecule has 110 valence electrons. The van der Waals surface area contributed by atoms with E-state index < -0.39 is 4.92 Å². The Balaban J connectivity index is 2.22. The van der Waals surface area contributed by atoms with Gasteiger partial charge >= 0.3 is 5.69 Å². The Kier molecular flexibility index (Phi) is 4.44. The lowest BCUT2D eigenvalue weighted by atomic mass is 9.93. The van der Waals surface area contributed by atoms with Gasteiger partial charge in [-0.3, -0.25) is 10.1 Å². The molecule has 1 heterocycles. The third-order valence-corrected chi connectivity index (χ3v) is 3.87. The Labute approximate surface area is 118 Å². The van der Waals surface area contributed by atoms with E-state index in [9.17, 15) is 15.2 Å². The molecule has 0 radical (unpaired) electrons. The van der Waals surface area contributed by atoms with E-state index in [1.54, 1.807) is 12.1 Å². The molecular formula is C14H20N2O4. The molecule has 1 aliphatic heterocycles. The molecule has 6 nitrogen and oxygen atoms in total. The van der Waals surface area contributed by atoms with Gasteiger partial charge in [0.25, 0.3) is 0 Å². The molecule has 0 bridgehead atoms. The van der Waals surface area contributed by atoms with E-state index in [0.717, 1.165) is 31.6 Å². The van der Waals surface area contributed by atoms with Crippen LogP contribution in [0.3, 0.4) is 0 Å². The third-order valence-electron chi connectivity index (χ3n) is 3.87. The smallest absolute Gasteiger partial charge is 0.311 e. The standard InChI is InChI=1S/C14H20N2O4/c1-10(17)11-4-3-7-15(9-11)12-5-6-13(16(18)19)14(8-12)20-2/h5-6,8,10-11,17H,3-4,7,9H2,1-2H3. The largest absolute Gasteiger partial charge is 0.490 e. The third kappa shape index (κ3) is 3.01. The Hall–Kier alpha value is -1.82. The predicted molar refractivity (Wildman–Crippen MR) is 76.3 cm³/mol. The highest BCUT2D eigenvalue weighted by atomic mass is 16.6. The molecule has 1 aromatic rings. The molecule has 0 aliphatic carbocycles. The van der Waals surface area contributed by atoms with Crippen LogP contribution in [0, 0.1) is 16.0 Å². The Bertz CT molecular complexity index is 490. The van der Waals surface area contributed by atoms with Crippen molar-refractivity contribution in [3.63, 3.8) is 0 Å². The van der Waals surface area contributed by atoms with Crippen molar-refractivity contribution in [1.82, 2.24) is 0 Å². The number of nitrogens with zero attached hydrogens (tertiary/aromatic N) is 2. The summed E-state index contributed by atoms with van der Waals surface area (Å²) in [4.78, 5) is 12.6. The summed E-state index contributed by atoms with van der Waals surface area (Å²) in [6.45, 7) is 3.47. The van der Waals surface area contributed by atoms with Crippen molar-refractivity contribution in [2.75, 3.05) is 25.1 Å². The second-order valence-electron chi connectivity index (χ2n) is 5.20. The molecule has 0 aromatic heterocycles. The van der Waals surface area contributed by atoms with E-state index in [1.165, 1.54) is 13.2 Å². The summed E-state index contributed by atoms with van der Waals surface area (Å²) in [5, 5.41) is 20.6. The number of rotatable bonds is 4. The van der Waals surface area contributed by atoms with Crippen LogP contribution in [0.2, 0.25) is 0 Å². The van der Waals surface area contributed by atoms with Gasteiger partial charge in [-0.05, 0) is 25.8 Å². The highest BCUT2D eigenvalue weighted by Crippen LogP contribution is 2.33. The Morgan fingerprint density at radius 3 is 2.90 bits per heavy atom. The molecular weight excluding hydrogens is 260 g/mol. The van der Waals surface area contributed by atoms with Gasteiger partial charge in [0, 0.05) is 36.8 Å². The maximum absolute atomic E-state index is 10.9. The van der Waals surface area contributed by atoms with Crippen molar-refractivity contribution in [2.24, 2.45) is 5.92 Å². The van der Waals surface area contributed by atoms with E-state index in [4.69, 9.17) is 4.74 Å². The van der Waals surface area contributed by atoms with E-state index in [0.29, 0.717) is 0 Å². The summed E-state index contributed by atoms with van der Waals surface area (Å²) in [5.41, 5.74) is 0.873. The van der Waals surface area contributed by atoms with E-state index >= 15 is 0 Å². The maximum Gasteiger partial charge on any atom is 0.311 e. The summed E-state index contributed by atoms with van der Waals surface area (Å²) in [5.74, 6) is 0.511. The van der Waals surface area contributed by atoms with Crippen LogP contribution in [0.5, 0.6) is 5.75 Å². The number of ether oxygens (including phenoxy) is 1.